The number of aryl methyl sites for hydroxylation is 1. The zero-order valence-electron chi connectivity index (χ0n) is 18.1. The number of ether oxygens (including phenoxy) is 2. The highest BCUT2D eigenvalue weighted by Crippen LogP contribution is 2.34. The number of benzene rings is 2. The van der Waals surface area contributed by atoms with E-state index in [2.05, 4.69) is 16.2 Å². The van der Waals surface area contributed by atoms with E-state index >= 15 is 0 Å². The van der Waals surface area contributed by atoms with E-state index < -0.39 is 0 Å². The minimum atomic E-state index is -0.0388. The third-order valence-electron chi connectivity index (χ3n) is 4.65. The molecular formula is C24H25N3O4. The van der Waals surface area contributed by atoms with Crippen molar-refractivity contribution >= 4 is 5.78 Å². The van der Waals surface area contributed by atoms with E-state index in [1.54, 1.807) is 32.2 Å². The number of hydrogen-bond acceptors (Lipinski definition) is 7. The van der Waals surface area contributed by atoms with Gasteiger partial charge in [0.1, 0.15) is 23.4 Å². The van der Waals surface area contributed by atoms with Crippen LogP contribution in [-0.4, -0.2) is 29.1 Å². The predicted molar refractivity (Wildman–Crippen MR) is 116 cm³/mol. The largest absolute Gasteiger partial charge is 0.496 e. The van der Waals surface area contributed by atoms with E-state index in [1.807, 2.05) is 32.0 Å². The van der Waals surface area contributed by atoms with Gasteiger partial charge in [-0.2, -0.15) is 10.2 Å². The second-order valence-electron chi connectivity index (χ2n) is 7.47. The van der Waals surface area contributed by atoms with Crippen LogP contribution < -0.4 is 9.47 Å². The highest BCUT2D eigenvalue weighted by atomic mass is 16.5. The molecule has 3 rings (SSSR count). The van der Waals surface area contributed by atoms with Crippen molar-refractivity contribution in [2.75, 3.05) is 7.11 Å². The van der Waals surface area contributed by atoms with Crippen molar-refractivity contribution < 1.29 is 18.8 Å². The molecule has 0 aliphatic rings. The summed E-state index contributed by atoms with van der Waals surface area (Å²) in [6, 6.07) is 13.1. The molecule has 0 aliphatic carbocycles. The lowest BCUT2D eigenvalue weighted by Gasteiger charge is -2.11. The molecule has 0 bridgehead atoms. The Morgan fingerprint density at radius 1 is 1.26 bits per heavy atom. The van der Waals surface area contributed by atoms with Gasteiger partial charge in [-0.3, -0.25) is 0 Å². The maximum Gasteiger partial charge on any atom is 0.258 e. The maximum atomic E-state index is 11.2. The van der Waals surface area contributed by atoms with E-state index in [0.717, 1.165) is 12.0 Å². The Balaban J connectivity index is 1.90. The molecular weight excluding hydrogens is 394 g/mol. The molecule has 1 aromatic heterocycles. The lowest BCUT2D eigenvalue weighted by Crippen LogP contribution is -2.06. The van der Waals surface area contributed by atoms with Gasteiger partial charge in [-0.15, -0.1) is 0 Å². The molecule has 0 amide bonds. The minimum absolute atomic E-state index is 0.0388. The molecule has 2 aromatic carbocycles. The van der Waals surface area contributed by atoms with Crippen LogP contribution in [0.2, 0.25) is 0 Å². The maximum absolute atomic E-state index is 11.2. The third-order valence-corrected chi connectivity index (χ3v) is 4.65. The van der Waals surface area contributed by atoms with Gasteiger partial charge in [-0.1, -0.05) is 17.3 Å². The smallest absolute Gasteiger partial charge is 0.258 e. The predicted octanol–water partition coefficient (Wildman–Crippen LogP) is 4.98. The number of Topliss-reactive ketones (excluding diaryl/α,β-unsaturated/α-hetero) is 1. The number of carbonyl (C=O) groups is 1. The van der Waals surface area contributed by atoms with Gasteiger partial charge in [0, 0.05) is 12.0 Å². The van der Waals surface area contributed by atoms with Crippen molar-refractivity contribution in [3.05, 3.63) is 47.5 Å². The van der Waals surface area contributed by atoms with Crippen molar-refractivity contribution in [2.45, 2.75) is 46.1 Å². The van der Waals surface area contributed by atoms with Gasteiger partial charge >= 0.3 is 0 Å². The standard InChI is InChI=1S/C24H25N3O4/c1-15(2)30-21-12-11-18(13-19(21)14-25)24-26-23(27-31-24)20-10-6-9-17(22(20)29-4)8-5-7-16(3)28/h6,9-13,15H,5,7-8H2,1-4H3. The molecule has 7 nitrogen and oxygen atoms in total. The first-order chi connectivity index (χ1) is 14.9. The fourth-order valence-electron chi connectivity index (χ4n) is 3.28. The number of ketones is 1. The summed E-state index contributed by atoms with van der Waals surface area (Å²) in [6.45, 7) is 5.40. The molecule has 0 spiro atoms. The molecule has 3 aromatic rings. The average Bonchev–Trinajstić information content (AvgIpc) is 3.23. The normalized spacial score (nSPS) is 10.7. The second kappa shape index (κ2) is 9.90. The van der Waals surface area contributed by atoms with Crippen LogP contribution in [0.1, 0.15) is 44.7 Å². The summed E-state index contributed by atoms with van der Waals surface area (Å²) in [5.41, 5.74) is 2.71. The van der Waals surface area contributed by atoms with Crippen molar-refractivity contribution in [2.24, 2.45) is 0 Å². The second-order valence-corrected chi connectivity index (χ2v) is 7.47. The van der Waals surface area contributed by atoms with Crippen LogP contribution in [-0.2, 0) is 11.2 Å². The molecule has 0 unspecified atom stereocenters. The van der Waals surface area contributed by atoms with Crippen molar-refractivity contribution in [3.8, 4) is 40.4 Å². The monoisotopic (exact) mass is 419 g/mol. The first-order valence-corrected chi connectivity index (χ1v) is 10.1. The van der Waals surface area contributed by atoms with Gasteiger partial charge in [0.15, 0.2) is 0 Å². The van der Waals surface area contributed by atoms with Gasteiger partial charge in [0.25, 0.3) is 5.89 Å². The molecule has 0 saturated heterocycles. The van der Waals surface area contributed by atoms with Crippen LogP contribution in [0.5, 0.6) is 11.5 Å². The SMILES string of the molecule is COc1c(CCCC(C)=O)cccc1-c1noc(-c2ccc(OC(C)C)c(C#N)c2)n1. The lowest BCUT2D eigenvalue weighted by atomic mass is 10.0. The Kier molecular flexibility index (Phi) is 7.03. The number of carbonyl (C=O) groups excluding carboxylic acids is 1. The van der Waals surface area contributed by atoms with E-state index in [0.29, 0.717) is 52.7 Å². The highest BCUT2D eigenvalue weighted by molar-refractivity contribution is 5.75. The summed E-state index contributed by atoms with van der Waals surface area (Å²) in [4.78, 5) is 15.8. The van der Waals surface area contributed by atoms with Gasteiger partial charge in [-0.25, -0.2) is 0 Å². The molecule has 0 radical (unpaired) electrons. The van der Waals surface area contributed by atoms with Gasteiger partial charge in [-0.05, 0) is 63.4 Å². The Morgan fingerprint density at radius 2 is 2.06 bits per heavy atom. The van der Waals surface area contributed by atoms with Crippen LogP contribution in [0.3, 0.4) is 0 Å². The van der Waals surface area contributed by atoms with Crippen LogP contribution in [0, 0.1) is 11.3 Å². The summed E-state index contributed by atoms with van der Waals surface area (Å²) < 4.78 is 16.8. The average molecular weight is 419 g/mol. The quantitative estimate of drug-likeness (QED) is 0.482. The Hall–Kier alpha value is -3.66. The Labute approximate surface area is 181 Å². The number of rotatable bonds is 9. The van der Waals surface area contributed by atoms with E-state index in [4.69, 9.17) is 14.0 Å². The summed E-state index contributed by atoms with van der Waals surface area (Å²) in [5, 5.41) is 13.6. The molecule has 0 aliphatic heterocycles. The van der Waals surface area contributed by atoms with Gasteiger partial charge in [0.2, 0.25) is 5.82 Å². The number of hydrogen-bond donors (Lipinski definition) is 0. The third kappa shape index (κ3) is 5.28. The summed E-state index contributed by atoms with van der Waals surface area (Å²) >= 11 is 0. The molecule has 0 fully saturated rings. The Morgan fingerprint density at radius 3 is 2.74 bits per heavy atom. The zero-order valence-corrected chi connectivity index (χ0v) is 18.1. The number of nitriles is 1. The number of para-hydroxylation sites is 1. The van der Waals surface area contributed by atoms with E-state index in [9.17, 15) is 10.1 Å². The summed E-state index contributed by atoms with van der Waals surface area (Å²) in [7, 11) is 1.60. The van der Waals surface area contributed by atoms with Crippen molar-refractivity contribution in [3.63, 3.8) is 0 Å². The van der Waals surface area contributed by atoms with E-state index in [-0.39, 0.29) is 11.9 Å². The number of nitrogens with zero attached hydrogens (tertiary/aromatic N) is 3. The van der Waals surface area contributed by atoms with Crippen molar-refractivity contribution in [1.82, 2.24) is 10.1 Å². The van der Waals surface area contributed by atoms with Crippen LogP contribution in [0.15, 0.2) is 40.9 Å². The molecule has 1 heterocycles. The molecule has 0 saturated carbocycles. The van der Waals surface area contributed by atoms with Crippen molar-refractivity contribution in [1.29, 1.82) is 5.26 Å². The Bertz CT molecular complexity index is 1110. The topological polar surface area (TPSA) is 98.2 Å². The minimum Gasteiger partial charge on any atom is -0.496 e. The van der Waals surface area contributed by atoms with E-state index in [1.165, 1.54) is 0 Å². The van der Waals surface area contributed by atoms with Gasteiger partial charge < -0.3 is 18.8 Å². The number of methoxy groups -OCH3 is 1. The fourth-order valence-corrected chi connectivity index (χ4v) is 3.28. The first kappa shape index (κ1) is 22.0. The summed E-state index contributed by atoms with van der Waals surface area (Å²) in [6.07, 6.45) is 1.94. The van der Waals surface area contributed by atoms with Gasteiger partial charge in [0.05, 0.1) is 24.3 Å². The number of aromatic nitrogens is 2. The lowest BCUT2D eigenvalue weighted by molar-refractivity contribution is -0.117. The fraction of sp³-hybridized carbons (Fsp3) is 0.333. The first-order valence-electron chi connectivity index (χ1n) is 10.1. The molecule has 0 atom stereocenters. The molecule has 0 N–H and O–H groups in total. The zero-order chi connectivity index (χ0) is 22.4. The molecule has 160 valence electrons. The van der Waals surface area contributed by atoms with Crippen LogP contribution in [0.25, 0.3) is 22.8 Å². The van der Waals surface area contributed by atoms with Crippen LogP contribution in [0.4, 0.5) is 0 Å². The molecule has 7 heteroatoms. The molecule has 31 heavy (non-hydrogen) atoms. The highest BCUT2D eigenvalue weighted by Gasteiger charge is 2.18. The summed E-state index contributed by atoms with van der Waals surface area (Å²) in [5.74, 6) is 2.03. The van der Waals surface area contributed by atoms with Crippen LogP contribution >= 0.6 is 0 Å².